The highest BCUT2D eigenvalue weighted by atomic mass is 16.5. The van der Waals surface area contributed by atoms with Crippen LogP contribution in [0.15, 0.2) is 24.3 Å². The summed E-state index contributed by atoms with van der Waals surface area (Å²) in [6.07, 6.45) is 0. The van der Waals surface area contributed by atoms with Crippen molar-refractivity contribution in [2.75, 3.05) is 14.2 Å². The number of methoxy groups -OCH3 is 2. The van der Waals surface area contributed by atoms with Crippen LogP contribution < -0.4 is 9.47 Å². The standard InChI is InChI=1S/C13H13NO3/c1-8(15)11-7-9-6-10(16-2)4-5-12(9)14-13(11)17-3/h4-7H,1-3H3. The second kappa shape index (κ2) is 4.41. The monoisotopic (exact) mass is 231 g/mol. The number of aromatic nitrogens is 1. The van der Waals surface area contributed by atoms with E-state index in [1.807, 2.05) is 18.2 Å². The van der Waals surface area contributed by atoms with Crippen LogP contribution in [0.1, 0.15) is 17.3 Å². The van der Waals surface area contributed by atoms with Crippen LogP contribution in [-0.4, -0.2) is 25.0 Å². The SMILES string of the molecule is COc1ccc2nc(OC)c(C(C)=O)cc2c1. The fourth-order valence-electron chi connectivity index (χ4n) is 1.67. The molecule has 1 heterocycles. The molecule has 0 atom stereocenters. The summed E-state index contributed by atoms with van der Waals surface area (Å²) in [5.41, 5.74) is 1.25. The smallest absolute Gasteiger partial charge is 0.224 e. The number of Topliss-reactive ketones (excluding diaryl/α,β-unsaturated/α-hetero) is 1. The zero-order valence-corrected chi connectivity index (χ0v) is 9.98. The third kappa shape index (κ3) is 2.06. The molecule has 0 amide bonds. The summed E-state index contributed by atoms with van der Waals surface area (Å²) in [4.78, 5) is 15.8. The molecule has 0 aliphatic heterocycles. The van der Waals surface area contributed by atoms with Crippen LogP contribution in [0.4, 0.5) is 0 Å². The molecule has 0 aliphatic rings. The van der Waals surface area contributed by atoms with Gasteiger partial charge in [0.15, 0.2) is 5.78 Å². The molecule has 0 spiro atoms. The van der Waals surface area contributed by atoms with Gasteiger partial charge in [-0.15, -0.1) is 0 Å². The molecule has 17 heavy (non-hydrogen) atoms. The molecule has 1 aromatic carbocycles. The number of ketones is 1. The number of ether oxygens (including phenoxy) is 2. The van der Waals surface area contributed by atoms with Crippen LogP contribution in [0.5, 0.6) is 11.6 Å². The summed E-state index contributed by atoms with van der Waals surface area (Å²) in [5, 5.41) is 0.857. The maximum atomic E-state index is 11.5. The molecule has 0 bridgehead atoms. The highest BCUT2D eigenvalue weighted by Crippen LogP contribution is 2.25. The van der Waals surface area contributed by atoms with Crippen molar-refractivity contribution in [1.82, 2.24) is 4.98 Å². The van der Waals surface area contributed by atoms with Crippen molar-refractivity contribution in [3.63, 3.8) is 0 Å². The lowest BCUT2D eigenvalue weighted by atomic mass is 10.1. The molecule has 4 heteroatoms. The van der Waals surface area contributed by atoms with Gasteiger partial charge in [-0.3, -0.25) is 4.79 Å². The lowest BCUT2D eigenvalue weighted by Crippen LogP contribution is -2.00. The van der Waals surface area contributed by atoms with Crippen molar-refractivity contribution in [2.45, 2.75) is 6.92 Å². The Morgan fingerprint density at radius 1 is 1.18 bits per heavy atom. The van der Waals surface area contributed by atoms with Crippen molar-refractivity contribution >= 4 is 16.7 Å². The Morgan fingerprint density at radius 3 is 2.53 bits per heavy atom. The van der Waals surface area contributed by atoms with Crippen LogP contribution in [-0.2, 0) is 0 Å². The molecular formula is C13H13NO3. The van der Waals surface area contributed by atoms with Gasteiger partial charge >= 0.3 is 0 Å². The maximum absolute atomic E-state index is 11.5. The number of rotatable bonds is 3. The van der Waals surface area contributed by atoms with Crippen molar-refractivity contribution in [1.29, 1.82) is 0 Å². The van der Waals surface area contributed by atoms with E-state index in [4.69, 9.17) is 9.47 Å². The third-order valence-corrected chi connectivity index (χ3v) is 2.56. The van der Waals surface area contributed by atoms with E-state index >= 15 is 0 Å². The first kappa shape index (κ1) is 11.4. The minimum absolute atomic E-state index is 0.0703. The largest absolute Gasteiger partial charge is 0.497 e. The molecular weight excluding hydrogens is 218 g/mol. The Morgan fingerprint density at radius 2 is 1.94 bits per heavy atom. The number of hydrogen-bond donors (Lipinski definition) is 0. The number of carbonyl (C=O) groups excluding carboxylic acids is 1. The molecule has 0 saturated carbocycles. The molecule has 0 N–H and O–H groups in total. The minimum Gasteiger partial charge on any atom is -0.497 e. The van der Waals surface area contributed by atoms with Crippen LogP contribution >= 0.6 is 0 Å². The van der Waals surface area contributed by atoms with Gasteiger partial charge in [0.2, 0.25) is 5.88 Å². The van der Waals surface area contributed by atoms with E-state index in [0.29, 0.717) is 11.4 Å². The fraction of sp³-hybridized carbons (Fsp3) is 0.231. The second-order valence-electron chi connectivity index (χ2n) is 3.66. The second-order valence-corrected chi connectivity index (χ2v) is 3.66. The number of benzene rings is 1. The van der Waals surface area contributed by atoms with E-state index in [1.54, 1.807) is 13.2 Å². The highest BCUT2D eigenvalue weighted by Gasteiger charge is 2.11. The topological polar surface area (TPSA) is 48.4 Å². The molecule has 4 nitrogen and oxygen atoms in total. The fourth-order valence-corrected chi connectivity index (χ4v) is 1.67. The van der Waals surface area contributed by atoms with E-state index in [1.165, 1.54) is 14.0 Å². The normalized spacial score (nSPS) is 10.3. The van der Waals surface area contributed by atoms with Gasteiger partial charge in [0.1, 0.15) is 5.75 Å². The Balaban J connectivity index is 2.69. The first-order valence-electron chi connectivity index (χ1n) is 5.19. The van der Waals surface area contributed by atoms with Crippen LogP contribution in [0, 0.1) is 0 Å². The first-order chi connectivity index (χ1) is 8.15. The molecule has 0 unspecified atom stereocenters. The van der Waals surface area contributed by atoms with Crippen molar-refractivity contribution < 1.29 is 14.3 Å². The zero-order valence-electron chi connectivity index (χ0n) is 9.98. The first-order valence-corrected chi connectivity index (χ1v) is 5.19. The number of nitrogens with zero attached hydrogens (tertiary/aromatic N) is 1. The van der Waals surface area contributed by atoms with E-state index in [2.05, 4.69) is 4.98 Å². The van der Waals surface area contributed by atoms with Gasteiger partial charge in [0.25, 0.3) is 0 Å². The van der Waals surface area contributed by atoms with E-state index in [-0.39, 0.29) is 5.78 Å². The quantitative estimate of drug-likeness (QED) is 0.761. The molecule has 88 valence electrons. The van der Waals surface area contributed by atoms with Crippen LogP contribution in [0.25, 0.3) is 10.9 Å². The molecule has 2 rings (SSSR count). The Labute approximate surface area is 99.2 Å². The van der Waals surface area contributed by atoms with Gasteiger partial charge in [-0.2, -0.15) is 0 Å². The third-order valence-electron chi connectivity index (χ3n) is 2.56. The molecule has 2 aromatic rings. The van der Waals surface area contributed by atoms with Gasteiger partial charge in [-0.1, -0.05) is 0 Å². The summed E-state index contributed by atoms with van der Waals surface area (Å²) in [6, 6.07) is 7.27. The zero-order chi connectivity index (χ0) is 12.4. The molecule has 1 aromatic heterocycles. The molecule has 0 fully saturated rings. The molecule has 0 aliphatic carbocycles. The van der Waals surface area contributed by atoms with E-state index in [9.17, 15) is 4.79 Å². The van der Waals surface area contributed by atoms with Crippen molar-refractivity contribution in [2.24, 2.45) is 0 Å². The highest BCUT2D eigenvalue weighted by molar-refractivity contribution is 5.99. The van der Waals surface area contributed by atoms with Gasteiger partial charge in [0, 0.05) is 5.39 Å². The maximum Gasteiger partial charge on any atom is 0.224 e. The average Bonchev–Trinajstić information content (AvgIpc) is 2.36. The summed E-state index contributed by atoms with van der Waals surface area (Å²) < 4.78 is 10.2. The molecule has 0 saturated heterocycles. The van der Waals surface area contributed by atoms with Gasteiger partial charge < -0.3 is 9.47 Å². The summed E-state index contributed by atoms with van der Waals surface area (Å²) >= 11 is 0. The molecule has 0 radical (unpaired) electrons. The van der Waals surface area contributed by atoms with E-state index < -0.39 is 0 Å². The van der Waals surface area contributed by atoms with Gasteiger partial charge in [0.05, 0.1) is 25.3 Å². The predicted molar refractivity (Wildman–Crippen MR) is 64.9 cm³/mol. The van der Waals surface area contributed by atoms with Crippen molar-refractivity contribution in [3.8, 4) is 11.6 Å². The van der Waals surface area contributed by atoms with Gasteiger partial charge in [-0.25, -0.2) is 4.98 Å². The average molecular weight is 231 g/mol. The Kier molecular flexibility index (Phi) is 2.95. The number of hydrogen-bond acceptors (Lipinski definition) is 4. The lowest BCUT2D eigenvalue weighted by molar-refractivity contribution is 0.101. The van der Waals surface area contributed by atoms with Crippen molar-refractivity contribution in [3.05, 3.63) is 29.8 Å². The lowest BCUT2D eigenvalue weighted by Gasteiger charge is -2.07. The predicted octanol–water partition coefficient (Wildman–Crippen LogP) is 2.45. The minimum atomic E-state index is -0.0703. The number of fused-ring (bicyclic) bond motifs is 1. The summed E-state index contributed by atoms with van der Waals surface area (Å²) in [6.45, 7) is 1.49. The number of carbonyl (C=O) groups is 1. The summed E-state index contributed by atoms with van der Waals surface area (Å²) in [7, 11) is 3.11. The van der Waals surface area contributed by atoms with Crippen LogP contribution in [0.2, 0.25) is 0 Å². The van der Waals surface area contributed by atoms with Gasteiger partial charge in [-0.05, 0) is 31.2 Å². The number of pyridine rings is 1. The van der Waals surface area contributed by atoms with Crippen LogP contribution in [0.3, 0.4) is 0 Å². The Hall–Kier alpha value is -2.10. The van der Waals surface area contributed by atoms with E-state index in [0.717, 1.165) is 16.7 Å². The summed E-state index contributed by atoms with van der Waals surface area (Å²) in [5.74, 6) is 1.02. The Bertz CT molecular complexity index is 578.